The van der Waals surface area contributed by atoms with E-state index in [1.807, 2.05) is 0 Å². The van der Waals surface area contributed by atoms with Gasteiger partial charge >= 0.3 is 5.97 Å². The Hall–Kier alpha value is -0.980. The summed E-state index contributed by atoms with van der Waals surface area (Å²) in [7, 11) is 0. The first-order chi connectivity index (χ1) is 7.97. The highest BCUT2D eigenvalue weighted by Crippen LogP contribution is 2.26. The number of benzene rings is 1. The van der Waals surface area contributed by atoms with E-state index in [-0.39, 0.29) is 16.6 Å². The summed E-state index contributed by atoms with van der Waals surface area (Å²) in [5.41, 5.74) is 0.215. The Morgan fingerprint density at radius 2 is 2.18 bits per heavy atom. The second-order valence-electron chi connectivity index (χ2n) is 3.31. The van der Waals surface area contributed by atoms with Gasteiger partial charge in [0, 0.05) is 4.47 Å². The van der Waals surface area contributed by atoms with Crippen LogP contribution >= 0.6 is 15.9 Å². The van der Waals surface area contributed by atoms with Crippen LogP contribution in [-0.2, 0) is 9.53 Å². The lowest BCUT2D eigenvalue weighted by molar-refractivity contribution is -0.159. The molecule has 4 nitrogen and oxygen atoms in total. The Morgan fingerprint density at radius 1 is 1.53 bits per heavy atom. The molecule has 0 amide bonds. The van der Waals surface area contributed by atoms with Gasteiger partial charge in [-0.15, -0.1) is 0 Å². The van der Waals surface area contributed by atoms with E-state index in [9.17, 15) is 19.4 Å². The largest absolute Gasteiger partial charge is 0.464 e. The van der Waals surface area contributed by atoms with Gasteiger partial charge in [-0.2, -0.15) is 0 Å². The van der Waals surface area contributed by atoms with Crippen LogP contribution in [0.2, 0.25) is 0 Å². The Labute approximate surface area is 106 Å². The fourth-order valence-corrected chi connectivity index (χ4v) is 1.85. The van der Waals surface area contributed by atoms with E-state index >= 15 is 0 Å². The highest BCUT2D eigenvalue weighted by molar-refractivity contribution is 9.10. The maximum absolute atomic E-state index is 12.8. The average Bonchev–Trinajstić information content (AvgIpc) is 2.27. The molecule has 0 spiro atoms. The molecule has 0 aliphatic carbocycles. The minimum Gasteiger partial charge on any atom is -0.464 e. The van der Waals surface area contributed by atoms with Crippen molar-refractivity contribution < 1.29 is 24.1 Å². The molecule has 94 valence electrons. The van der Waals surface area contributed by atoms with Gasteiger partial charge < -0.3 is 14.9 Å². The number of halogens is 2. The van der Waals surface area contributed by atoms with Crippen LogP contribution in [0.25, 0.3) is 0 Å². The number of hydrogen-bond acceptors (Lipinski definition) is 4. The number of ether oxygens (including phenoxy) is 1. The lowest BCUT2D eigenvalue weighted by Crippen LogP contribution is -2.30. The van der Waals surface area contributed by atoms with E-state index < -0.39 is 24.0 Å². The molecule has 0 saturated carbocycles. The highest BCUT2D eigenvalue weighted by atomic mass is 79.9. The van der Waals surface area contributed by atoms with Crippen LogP contribution in [0.5, 0.6) is 0 Å². The molecule has 0 bridgehead atoms. The standard InChI is InChI=1S/C11H12BrFO4/c1-2-17-11(16)10(15)9(14)7-4-3-6(13)5-8(7)12/h3-5,9-10,14-15H,2H2,1H3. The monoisotopic (exact) mass is 306 g/mol. The summed E-state index contributed by atoms with van der Waals surface area (Å²) in [5, 5.41) is 19.3. The van der Waals surface area contributed by atoms with E-state index in [2.05, 4.69) is 20.7 Å². The van der Waals surface area contributed by atoms with Gasteiger partial charge in [0.05, 0.1) is 6.61 Å². The third kappa shape index (κ3) is 3.49. The first-order valence-corrected chi connectivity index (χ1v) is 5.74. The van der Waals surface area contributed by atoms with Gasteiger partial charge in [-0.1, -0.05) is 22.0 Å². The minimum absolute atomic E-state index is 0.104. The van der Waals surface area contributed by atoms with Gasteiger partial charge in [0.15, 0.2) is 6.10 Å². The van der Waals surface area contributed by atoms with E-state index in [1.54, 1.807) is 6.92 Å². The van der Waals surface area contributed by atoms with Gasteiger partial charge in [0.2, 0.25) is 0 Å². The molecule has 1 rings (SSSR count). The predicted octanol–water partition coefficient (Wildman–Crippen LogP) is 1.55. The number of carbonyl (C=O) groups excluding carboxylic acids is 1. The normalized spacial score (nSPS) is 14.2. The van der Waals surface area contributed by atoms with Crippen molar-refractivity contribution in [1.82, 2.24) is 0 Å². The van der Waals surface area contributed by atoms with Crippen LogP contribution < -0.4 is 0 Å². The van der Waals surface area contributed by atoms with Crippen LogP contribution in [0.15, 0.2) is 22.7 Å². The molecule has 2 atom stereocenters. The maximum atomic E-state index is 12.8. The average molecular weight is 307 g/mol. The molecule has 0 radical (unpaired) electrons. The number of aliphatic hydroxyl groups excluding tert-OH is 2. The first kappa shape index (κ1) is 14.1. The Bertz CT molecular complexity index is 410. The molecule has 0 aliphatic rings. The third-order valence-electron chi connectivity index (χ3n) is 2.11. The fourth-order valence-electron chi connectivity index (χ4n) is 1.27. The van der Waals surface area contributed by atoms with Crippen molar-refractivity contribution in [2.75, 3.05) is 6.61 Å². The zero-order valence-electron chi connectivity index (χ0n) is 9.06. The summed E-state index contributed by atoms with van der Waals surface area (Å²) in [6, 6.07) is 3.55. The molecule has 1 aromatic carbocycles. The number of hydrogen-bond donors (Lipinski definition) is 2. The van der Waals surface area contributed by atoms with E-state index in [1.165, 1.54) is 6.07 Å². The molecule has 2 N–H and O–H groups in total. The molecule has 0 saturated heterocycles. The molecular formula is C11H12BrFO4. The number of carbonyl (C=O) groups is 1. The molecule has 0 aromatic heterocycles. The quantitative estimate of drug-likeness (QED) is 0.828. The van der Waals surface area contributed by atoms with Gasteiger partial charge in [0.25, 0.3) is 0 Å². The maximum Gasteiger partial charge on any atom is 0.338 e. The van der Waals surface area contributed by atoms with Crippen LogP contribution in [0.4, 0.5) is 4.39 Å². The van der Waals surface area contributed by atoms with Crippen LogP contribution in [0.3, 0.4) is 0 Å². The van der Waals surface area contributed by atoms with Crippen molar-refractivity contribution >= 4 is 21.9 Å². The van der Waals surface area contributed by atoms with Gasteiger partial charge in [-0.05, 0) is 24.6 Å². The topological polar surface area (TPSA) is 66.8 Å². The van der Waals surface area contributed by atoms with Gasteiger partial charge in [-0.3, -0.25) is 0 Å². The number of rotatable bonds is 4. The van der Waals surface area contributed by atoms with Gasteiger partial charge in [-0.25, -0.2) is 9.18 Å². The smallest absolute Gasteiger partial charge is 0.338 e. The van der Waals surface area contributed by atoms with E-state index in [0.717, 1.165) is 12.1 Å². The molecular weight excluding hydrogens is 295 g/mol. The van der Waals surface area contributed by atoms with Crippen molar-refractivity contribution in [3.05, 3.63) is 34.1 Å². The third-order valence-corrected chi connectivity index (χ3v) is 2.80. The second kappa shape index (κ2) is 6.09. The summed E-state index contributed by atoms with van der Waals surface area (Å²) >= 11 is 3.04. The summed E-state index contributed by atoms with van der Waals surface area (Å²) in [6.07, 6.45) is -3.17. The van der Waals surface area contributed by atoms with Crippen LogP contribution in [-0.4, -0.2) is 28.9 Å². The van der Waals surface area contributed by atoms with Crippen molar-refractivity contribution in [3.63, 3.8) is 0 Å². The first-order valence-electron chi connectivity index (χ1n) is 4.95. The van der Waals surface area contributed by atoms with E-state index in [0.29, 0.717) is 0 Å². The van der Waals surface area contributed by atoms with Crippen molar-refractivity contribution in [2.24, 2.45) is 0 Å². The van der Waals surface area contributed by atoms with Crippen molar-refractivity contribution in [3.8, 4) is 0 Å². The summed E-state index contributed by atoms with van der Waals surface area (Å²) in [6.45, 7) is 1.69. The zero-order chi connectivity index (χ0) is 13.0. The number of aliphatic hydroxyl groups is 2. The number of esters is 1. The zero-order valence-corrected chi connectivity index (χ0v) is 10.6. The SMILES string of the molecule is CCOC(=O)C(O)C(O)c1ccc(F)cc1Br. The molecule has 2 unspecified atom stereocenters. The lowest BCUT2D eigenvalue weighted by Gasteiger charge is -2.17. The molecule has 1 aromatic rings. The fraction of sp³-hybridized carbons (Fsp3) is 0.364. The summed E-state index contributed by atoms with van der Waals surface area (Å²) in [5.74, 6) is -1.41. The van der Waals surface area contributed by atoms with Crippen LogP contribution in [0.1, 0.15) is 18.6 Å². The minimum atomic E-state index is -1.70. The Morgan fingerprint density at radius 3 is 2.71 bits per heavy atom. The van der Waals surface area contributed by atoms with Crippen LogP contribution in [0, 0.1) is 5.82 Å². The Balaban J connectivity index is 2.88. The summed E-state index contributed by atoms with van der Waals surface area (Å²) < 4.78 is 17.7. The second-order valence-corrected chi connectivity index (χ2v) is 4.16. The molecule has 0 heterocycles. The highest BCUT2D eigenvalue weighted by Gasteiger charge is 2.28. The van der Waals surface area contributed by atoms with Crippen molar-refractivity contribution in [2.45, 2.75) is 19.1 Å². The van der Waals surface area contributed by atoms with Crippen molar-refractivity contribution in [1.29, 1.82) is 0 Å². The lowest BCUT2D eigenvalue weighted by atomic mass is 10.0. The summed E-state index contributed by atoms with van der Waals surface area (Å²) in [4.78, 5) is 11.2. The predicted molar refractivity (Wildman–Crippen MR) is 61.7 cm³/mol. The molecule has 17 heavy (non-hydrogen) atoms. The Kier molecular flexibility index (Phi) is 5.04. The molecule has 0 aliphatic heterocycles. The van der Waals surface area contributed by atoms with E-state index in [4.69, 9.17) is 0 Å². The molecule has 6 heteroatoms. The van der Waals surface area contributed by atoms with Gasteiger partial charge in [0.1, 0.15) is 11.9 Å². The molecule has 0 fully saturated rings.